The highest BCUT2D eigenvalue weighted by Crippen LogP contribution is 2.29. The molecule has 32 heavy (non-hydrogen) atoms. The summed E-state index contributed by atoms with van der Waals surface area (Å²) in [4.78, 5) is 17.0. The summed E-state index contributed by atoms with van der Waals surface area (Å²) in [7, 11) is 1.45. The number of aromatic nitrogens is 1. The number of hydrazine groups is 2. The van der Waals surface area contributed by atoms with Crippen molar-refractivity contribution in [2.45, 2.75) is 40.2 Å². The van der Waals surface area contributed by atoms with Crippen LogP contribution in [0.2, 0.25) is 0 Å². The lowest BCUT2D eigenvalue weighted by molar-refractivity contribution is 0.216. The van der Waals surface area contributed by atoms with Crippen LogP contribution in [0.4, 0.5) is 10.5 Å². The minimum atomic E-state index is -0.520. The molecule has 0 unspecified atom stereocenters. The molecule has 0 saturated heterocycles. The van der Waals surface area contributed by atoms with E-state index in [0.29, 0.717) is 11.6 Å². The molecule has 0 aliphatic heterocycles. The number of urea groups is 1. The molecule has 7 heteroatoms. The van der Waals surface area contributed by atoms with Crippen LogP contribution in [0, 0.1) is 13.8 Å². The SMILES string of the molecule is Cc1cc(-c2cccc(C(C)C)n2)ccc1OCc1c(C)cccc1N(N)C(=O)N(C)N. The summed E-state index contributed by atoms with van der Waals surface area (Å²) < 4.78 is 6.13. The molecule has 0 aliphatic carbocycles. The second-order valence-corrected chi connectivity index (χ2v) is 8.21. The van der Waals surface area contributed by atoms with E-state index in [0.717, 1.165) is 49.4 Å². The van der Waals surface area contributed by atoms with Gasteiger partial charge in [0.05, 0.1) is 11.4 Å². The van der Waals surface area contributed by atoms with Crippen molar-refractivity contribution in [3.63, 3.8) is 0 Å². The highest BCUT2D eigenvalue weighted by Gasteiger charge is 2.19. The molecule has 0 bridgehead atoms. The van der Waals surface area contributed by atoms with Crippen molar-refractivity contribution in [3.05, 3.63) is 77.0 Å². The van der Waals surface area contributed by atoms with E-state index in [1.807, 2.05) is 56.3 Å². The lowest BCUT2D eigenvalue weighted by atomic mass is 10.0. The van der Waals surface area contributed by atoms with E-state index in [9.17, 15) is 4.79 Å². The minimum absolute atomic E-state index is 0.262. The van der Waals surface area contributed by atoms with Crippen molar-refractivity contribution in [3.8, 4) is 17.0 Å². The highest BCUT2D eigenvalue weighted by molar-refractivity contribution is 5.91. The Morgan fingerprint density at radius 1 is 1.03 bits per heavy atom. The zero-order valence-corrected chi connectivity index (χ0v) is 19.3. The number of aryl methyl sites for hydroxylation is 2. The fraction of sp³-hybridized carbons (Fsp3) is 0.280. The molecule has 3 rings (SSSR count). The van der Waals surface area contributed by atoms with Gasteiger partial charge >= 0.3 is 6.03 Å². The number of anilines is 1. The van der Waals surface area contributed by atoms with Crippen LogP contribution in [0.25, 0.3) is 11.3 Å². The first kappa shape index (κ1) is 23.2. The average Bonchev–Trinajstić information content (AvgIpc) is 2.77. The van der Waals surface area contributed by atoms with Crippen molar-refractivity contribution in [2.24, 2.45) is 11.7 Å². The third-order valence-electron chi connectivity index (χ3n) is 5.36. The van der Waals surface area contributed by atoms with Crippen molar-refractivity contribution in [1.82, 2.24) is 9.99 Å². The first-order valence-electron chi connectivity index (χ1n) is 10.6. The largest absolute Gasteiger partial charge is 0.489 e. The van der Waals surface area contributed by atoms with E-state index >= 15 is 0 Å². The number of ether oxygens (including phenoxy) is 1. The van der Waals surface area contributed by atoms with Gasteiger partial charge in [0.1, 0.15) is 12.4 Å². The van der Waals surface area contributed by atoms with Gasteiger partial charge in [-0.15, -0.1) is 0 Å². The second kappa shape index (κ2) is 9.80. The number of hydrogen-bond acceptors (Lipinski definition) is 5. The quantitative estimate of drug-likeness (QED) is 0.334. The fourth-order valence-corrected chi connectivity index (χ4v) is 3.43. The lowest BCUT2D eigenvalue weighted by Crippen LogP contribution is -2.49. The van der Waals surface area contributed by atoms with Gasteiger partial charge in [-0.2, -0.15) is 0 Å². The zero-order valence-electron chi connectivity index (χ0n) is 19.3. The van der Waals surface area contributed by atoms with E-state index in [2.05, 4.69) is 19.9 Å². The summed E-state index contributed by atoms with van der Waals surface area (Å²) in [6.07, 6.45) is 0. The maximum atomic E-state index is 12.2. The maximum Gasteiger partial charge on any atom is 0.352 e. The summed E-state index contributed by atoms with van der Waals surface area (Å²) in [6.45, 7) is 8.49. The molecule has 0 radical (unpaired) electrons. The third kappa shape index (κ3) is 5.07. The van der Waals surface area contributed by atoms with E-state index in [-0.39, 0.29) is 6.61 Å². The maximum absolute atomic E-state index is 12.2. The molecule has 3 aromatic rings. The van der Waals surface area contributed by atoms with Crippen LogP contribution in [0.15, 0.2) is 54.6 Å². The molecule has 1 aromatic heterocycles. The molecule has 0 saturated carbocycles. The van der Waals surface area contributed by atoms with Gasteiger partial charge in [-0.05, 0) is 67.3 Å². The Labute approximate surface area is 189 Å². The second-order valence-electron chi connectivity index (χ2n) is 8.21. The lowest BCUT2D eigenvalue weighted by Gasteiger charge is -2.24. The van der Waals surface area contributed by atoms with Crippen LogP contribution >= 0.6 is 0 Å². The molecule has 4 N–H and O–H groups in total. The molecule has 2 amide bonds. The van der Waals surface area contributed by atoms with Gasteiger partial charge in [0.15, 0.2) is 0 Å². The predicted molar refractivity (Wildman–Crippen MR) is 128 cm³/mol. The van der Waals surface area contributed by atoms with Crippen molar-refractivity contribution >= 4 is 11.7 Å². The highest BCUT2D eigenvalue weighted by atomic mass is 16.5. The van der Waals surface area contributed by atoms with E-state index in [4.69, 9.17) is 21.4 Å². The number of carbonyl (C=O) groups is 1. The molecule has 0 aliphatic rings. The van der Waals surface area contributed by atoms with Gasteiger partial charge in [0.25, 0.3) is 0 Å². The third-order valence-corrected chi connectivity index (χ3v) is 5.36. The van der Waals surface area contributed by atoms with Gasteiger partial charge in [0, 0.05) is 23.9 Å². The molecular weight excluding hydrogens is 402 g/mol. The van der Waals surface area contributed by atoms with Gasteiger partial charge in [-0.1, -0.05) is 32.0 Å². The van der Waals surface area contributed by atoms with Gasteiger partial charge < -0.3 is 4.74 Å². The van der Waals surface area contributed by atoms with Crippen LogP contribution in [0.5, 0.6) is 5.75 Å². The molecule has 0 atom stereocenters. The molecule has 2 aromatic carbocycles. The summed E-state index contributed by atoms with van der Waals surface area (Å²) in [5.41, 5.74) is 6.38. The molecule has 1 heterocycles. The Bertz CT molecular complexity index is 1110. The summed E-state index contributed by atoms with van der Waals surface area (Å²) in [5, 5.41) is 1.98. The van der Waals surface area contributed by atoms with Crippen LogP contribution in [0.3, 0.4) is 0 Å². The number of rotatable bonds is 6. The number of pyridine rings is 1. The number of hydrogen-bond donors (Lipinski definition) is 2. The Balaban J connectivity index is 1.83. The van der Waals surface area contributed by atoms with Crippen LogP contribution in [-0.4, -0.2) is 23.1 Å². The Morgan fingerprint density at radius 3 is 2.41 bits per heavy atom. The molecule has 168 valence electrons. The Kier molecular flexibility index (Phi) is 7.12. The van der Waals surface area contributed by atoms with Crippen LogP contribution < -0.4 is 21.4 Å². The average molecular weight is 434 g/mol. The van der Waals surface area contributed by atoms with E-state index in [1.54, 1.807) is 6.07 Å². The first-order chi connectivity index (χ1) is 15.2. The smallest absolute Gasteiger partial charge is 0.352 e. The van der Waals surface area contributed by atoms with Gasteiger partial charge in [0.2, 0.25) is 0 Å². The topological polar surface area (TPSA) is 97.7 Å². The summed E-state index contributed by atoms with van der Waals surface area (Å²) in [5.74, 6) is 12.7. The summed E-state index contributed by atoms with van der Waals surface area (Å²) in [6, 6.07) is 17.2. The number of nitrogens with zero attached hydrogens (tertiary/aromatic N) is 3. The summed E-state index contributed by atoms with van der Waals surface area (Å²) >= 11 is 0. The predicted octanol–water partition coefficient (Wildman–Crippen LogP) is 4.67. The molecule has 7 nitrogen and oxygen atoms in total. The monoisotopic (exact) mass is 433 g/mol. The van der Waals surface area contributed by atoms with Gasteiger partial charge in [-0.25, -0.2) is 21.5 Å². The van der Waals surface area contributed by atoms with Crippen LogP contribution in [-0.2, 0) is 6.61 Å². The molecule has 0 spiro atoms. The Hall–Kier alpha value is -3.42. The molecular formula is C25H31N5O2. The minimum Gasteiger partial charge on any atom is -0.489 e. The van der Waals surface area contributed by atoms with Crippen molar-refractivity contribution in [2.75, 3.05) is 12.1 Å². The standard InChI is InChI=1S/C25H31N5O2/c1-16(2)21-9-7-10-22(28-21)19-12-13-24(18(4)14-19)32-15-20-17(3)8-6-11-23(20)30(27)25(31)29(5)26/h6-14,16H,15,26-27H2,1-5H3. The number of nitrogens with two attached hydrogens (primary N) is 2. The van der Waals surface area contributed by atoms with E-state index < -0.39 is 6.03 Å². The van der Waals surface area contributed by atoms with E-state index in [1.165, 1.54) is 7.05 Å². The molecule has 0 fully saturated rings. The Morgan fingerprint density at radius 2 is 1.75 bits per heavy atom. The van der Waals surface area contributed by atoms with Crippen LogP contribution in [0.1, 0.15) is 42.1 Å². The number of amides is 2. The van der Waals surface area contributed by atoms with Gasteiger partial charge in [-0.3, -0.25) is 9.99 Å². The fourth-order valence-electron chi connectivity index (χ4n) is 3.43. The van der Waals surface area contributed by atoms with Crippen molar-refractivity contribution < 1.29 is 9.53 Å². The normalized spacial score (nSPS) is 10.9. The number of carbonyl (C=O) groups excluding carboxylic acids is 1. The zero-order chi connectivity index (χ0) is 23.4. The number of benzene rings is 2. The van der Waals surface area contributed by atoms with Crippen molar-refractivity contribution in [1.29, 1.82) is 0 Å². The first-order valence-corrected chi connectivity index (χ1v) is 10.6.